The van der Waals surface area contributed by atoms with E-state index < -0.39 is 0 Å². The Morgan fingerprint density at radius 3 is 2.47 bits per heavy atom. The van der Waals surface area contributed by atoms with E-state index in [-0.39, 0.29) is 0 Å². The molecule has 0 aromatic heterocycles. The van der Waals surface area contributed by atoms with Crippen molar-refractivity contribution in [2.45, 2.75) is 31.4 Å². The second-order valence-corrected chi connectivity index (χ2v) is 5.93. The van der Waals surface area contributed by atoms with Crippen LogP contribution in [0.4, 0.5) is 0 Å². The maximum atomic E-state index is 3.61. The second-order valence-electron chi connectivity index (χ2n) is 3.81. The summed E-state index contributed by atoms with van der Waals surface area (Å²) in [5, 5.41) is 1.83. The van der Waals surface area contributed by atoms with E-state index in [0.29, 0.717) is 5.92 Å². The van der Waals surface area contributed by atoms with Gasteiger partial charge in [0, 0.05) is 22.3 Å². The van der Waals surface area contributed by atoms with E-state index in [0.717, 1.165) is 10.6 Å². The lowest BCUT2D eigenvalue weighted by atomic mass is 10.0. The highest BCUT2D eigenvalue weighted by Gasteiger charge is 2.11. The van der Waals surface area contributed by atoms with Crippen molar-refractivity contribution in [2.24, 2.45) is 0 Å². The van der Waals surface area contributed by atoms with Gasteiger partial charge in [0.15, 0.2) is 0 Å². The van der Waals surface area contributed by atoms with Crippen molar-refractivity contribution in [1.29, 1.82) is 0 Å². The summed E-state index contributed by atoms with van der Waals surface area (Å²) in [4.78, 5) is 0. The summed E-state index contributed by atoms with van der Waals surface area (Å²) in [5.74, 6) is 1.86. The summed E-state index contributed by atoms with van der Waals surface area (Å²) in [5.41, 5.74) is 1.45. The van der Waals surface area contributed by atoms with Gasteiger partial charge in [0.25, 0.3) is 0 Å². The minimum atomic E-state index is 0.644. The lowest BCUT2D eigenvalue weighted by Crippen LogP contribution is -2.06. The third-order valence-electron chi connectivity index (χ3n) is 2.61. The van der Waals surface area contributed by atoms with Crippen molar-refractivity contribution < 1.29 is 0 Å². The third-order valence-corrected chi connectivity index (χ3v) is 4.89. The van der Waals surface area contributed by atoms with Gasteiger partial charge in [0.2, 0.25) is 0 Å². The first kappa shape index (κ1) is 13.1. The van der Waals surface area contributed by atoms with E-state index in [2.05, 4.69) is 71.9 Å². The Morgan fingerprint density at radius 2 is 1.93 bits per heavy atom. The average Bonchev–Trinajstić information content (AvgIpc) is 2.31. The highest BCUT2D eigenvalue weighted by Crippen LogP contribution is 2.25. The maximum absolute atomic E-state index is 3.61. The predicted octanol–water partition coefficient (Wildman–Crippen LogP) is 4.70. The topological polar surface area (TPSA) is 0 Å². The van der Waals surface area contributed by atoms with E-state index in [1.54, 1.807) is 0 Å². The number of rotatable bonds is 6. The Morgan fingerprint density at radius 1 is 1.27 bits per heavy atom. The number of hydrogen-bond donors (Lipinski definition) is 0. The van der Waals surface area contributed by atoms with Gasteiger partial charge in [-0.15, -0.1) is 0 Å². The Hall–Kier alpha value is 0.0500. The lowest BCUT2D eigenvalue weighted by Gasteiger charge is -2.16. The summed E-state index contributed by atoms with van der Waals surface area (Å²) in [6.45, 7) is 4.56. The molecule has 0 aliphatic rings. The molecule has 0 aliphatic carbocycles. The molecule has 0 spiro atoms. The zero-order valence-electron chi connectivity index (χ0n) is 9.45. The third kappa shape index (κ3) is 4.60. The molecule has 2 atom stereocenters. The monoisotopic (exact) mass is 286 g/mol. The van der Waals surface area contributed by atoms with Crippen molar-refractivity contribution in [3.05, 3.63) is 35.9 Å². The molecule has 15 heavy (non-hydrogen) atoms. The molecule has 1 aromatic rings. The molecule has 0 radical (unpaired) electrons. The molecular weight excluding hydrogens is 268 g/mol. The van der Waals surface area contributed by atoms with Crippen LogP contribution in [0.2, 0.25) is 0 Å². The van der Waals surface area contributed by atoms with Gasteiger partial charge < -0.3 is 0 Å². The Kier molecular flexibility index (Phi) is 6.42. The van der Waals surface area contributed by atoms with Crippen molar-refractivity contribution in [2.75, 3.05) is 11.1 Å². The summed E-state index contributed by atoms with van der Waals surface area (Å²) in [7, 11) is 0. The van der Waals surface area contributed by atoms with Gasteiger partial charge in [-0.05, 0) is 12.0 Å². The van der Waals surface area contributed by atoms with Crippen LogP contribution in [-0.4, -0.2) is 16.3 Å². The first-order chi connectivity index (χ1) is 7.27. The van der Waals surface area contributed by atoms with E-state index in [9.17, 15) is 0 Å². The molecular formula is C13H19BrS. The van der Waals surface area contributed by atoms with Crippen LogP contribution in [0.5, 0.6) is 0 Å². The van der Waals surface area contributed by atoms with Crippen molar-refractivity contribution in [1.82, 2.24) is 0 Å². The normalized spacial score (nSPS) is 14.9. The number of thioether (sulfide) groups is 1. The SMILES string of the molecule is CCC(C)SCC(CBr)c1ccccc1. The van der Waals surface area contributed by atoms with Crippen molar-refractivity contribution >= 4 is 27.7 Å². The minimum absolute atomic E-state index is 0.644. The molecule has 1 aromatic carbocycles. The zero-order valence-corrected chi connectivity index (χ0v) is 11.9. The maximum Gasteiger partial charge on any atom is 0.0108 e. The predicted molar refractivity (Wildman–Crippen MR) is 75.2 cm³/mol. The van der Waals surface area contributed by atoms with Gasteiger partial charge in [-0.1, -0.05) is 60.1 Å². The van der Waals surface area contributed by atoms with E-state index in [1.807, 2.05) is 0 Å². The van der Waals surface area contributed by atoms with E-state index >= 15 is 0 Å². The van der Waals surface area contributed by atoms with Crippen LogP contribution in [0, 0.1) is 0 Å². The molecule has 2 heteroatoms. The summed E-state index contributed by atoms with van der Waals surface area (Å²) in [6.07, 6.45) is 1.26. The summed E-state index contributed by atoms with van der Waals surface area (Å²) < 4.78 is 0. The van der Waals surface area contributed by atoms with Gasteiger partial charge in [-0.3, -0.25) is 0 Å². The van der Waals surface area contributed by atoms with Gasteiger partial charge in [-0.2, -0.15) is 11.8 Å². The molecule has 2 unspecified atom stereocenters. The molecule has 1 rings (SSSR count). The quantitative estimate of drug-likeness (QED) is 0.684. The first-order valence-corrected chi connectivity index (χ1v) is 7.67. The number of alkyl halides is 1. The van der Waals surface area contributed by atoms with Crippen molar-refractivity contribution in [3.63, 3.8) is 0 Å². The summed E-state index contributed by atoms with van der Waals surface area (Å²) >= 11 is 5.69. The minimum Gasteiger partial charge on any atom is -0.158 e. The van der Waals surface area contributed by atoms with E-state index in [1.165, 1.54) is 17.7 Å². The molecule has 84 valence electrons. The lowest BCUT2D eigenvalue weighted by molar-refractivity contribution is 0.871. The molecule has 0 saturated heterocycles. The summed E-state index contributed by atoms with van der Waals surface area (Å²) in [6, 6.07) is 10.8. The number of benzene rings is 1. The van der Waals surface area contributed by atoms with Crippen LogP contribution in [0.3, 0.4) is 0 Å². The molecule has 0 amide bonds. The van der Waals surface area contributed by atoms with Crippen LogP contribution >= 0.6 is 27.7 Å². The molecule has 0 heterocycles. The van der Waals surface area contributed by atoms with Crippen LogP contribution in [0.15, 0.2) is 30.3 Å². The molecule has 0 aliphatic heterocycles. The fraction of sp³-hybridized carbons (Fsp3) is 0.538. The Balaban J connectivity index is 2.50. The highest BCUT2D eigenvalue weighted by molar-refractivity contribution is 9.09. The van der Waals surface area contributed by atoms with Gasteiger partial charge in [0.1, 0.15) is 0 Å². The molecule has 0 N–H and O–H groups in total. The smallest absolute Gasteiger partial charge is 0.0108 e. The van der Waals surface area contributed by atoms with Gasteiger partial charge >= 0.3 is 0 Å². The Bertz CT molecular complexity index is 260. The molecule has 0 saturated carbocycles. The van der Waals surface area contributed by atoms with Crippen LogP contribution in [0.1, 0.15) is 31.7 Å². The average molecular weight is 287 g/mol. The van der Waals surface area contributed by atoms with Gasteiger partial charge in [0.05, 0.1) is 0 Å². The zero-order chi connectivity index (χ0) is 11.1. The molecule has 0 nitrogen and oxygen atoms in total. The van der Waals surface area contributed by atoms with Crippen LogP contribution in [0.25, 0.3) is 0 Å². The second kappa shape index (κ2) is 7.34. The molecule has 0 fully saturated rings. The molecule has 0 bridgehead atoms. The standard InChI is InChI=1S/C13H19BrS/c1-3-11(2)15-10-13(9-14)12-7-5-4-6-8-12/h4-8,11,13H,3,9-10H2,1-2H3. The highest BCUT2D eigenvalue weighted by atomic mass is 79.9. The fourth-order valence-electron chi connectivity index (χ4n) is 1.35. The van der Waals surface area contributed by atoms with Crippen LogP contribution in [-0.2, 0) is 0 Å². The number of hydrogen-bond acceptors (Lipinski definition) is 1. The number of halogens is 1. The van der Waals surface area contributed by atoms with Gasteiger partial charge in [-0.25, -0.2) is 0 Å². The Labute approximate surface area is 106 Å². The van der Waals surface area contributed by atoms with Crippen LogP contribution < -0.4 is 0 Å². The first-order valence-electron chi connectivity index (χ1n) is 5.50. The van der Waals surface area contributed by atoms with E-state index in [4.69, 9.17) is 0 Å². The van der Waals surface area contributed by atoms with Crippen molar-refractivity contribution in [3.8, 4) is 0 Å². The fourth-order valence-corrected chi connectivity index (χ4v) is 3.37. The largest absolute Gasteiger partial charge is 0.158 e.